The topological polar surface area (TPSA) is 78.9 Å². The van der Waals surface area contributed by atoms with Gasteiger partial charge in [0, 0.05) is 0 Å². The van der Waals surface area contributed by atoms with Crippen molar-refractivity contribution in [2.75, 3.05) is 20.8 Å². The minimum atomic E-state index is -0.782. The Morgan fingerprint density at radius 3 is 2.17 bits per heavy atom. The molecule has 0 aliphatic rings. The van der Waals surface area contributed by atoms with Crippen LogP contribution in [0.15, 0.2) is 42.5 Å². The summed E-state index contributed by atoms with van der Waals surface area (Å²) in [6.45, 7) is 3.55. The van der Waals surface area contributed by atoms with Crippen LogP contribution in [0, 0.1) is 0 Å². The lowest BCUT2D eigenvalue weighted by Gasteiger charge is -2.19. The number of carbonyl (C=O) groups is 3. The highest BCUT2D eigenvalue weighted by Gasteiger charge is 2.31. The summed E-state index contributed by atoms with van der Waals surface area (Å²) in [6.07, 6.45) is 0. The Bertz CT molecular complexity index is 1120. The predicted octanol–water partition coefficient (Wildman–Crippen LogP) is 4.23. The van der Waals surface area contributed by atoms with Crippen molar-refractivity contribution in [2.45, 2.75) is 19.8 Å². The van der Waals surface area contributed by atoms with E-state index in [0.717, 1.165) is 16.2 Å². The molecular weight excluding hydrogens is 372 g/mol. The lowest BCUT2D eigenvalue weighted by Crippen LogP contribution is -2.21. The molecule has 0 aliphatic carbocycles. The summed E-state index contributed by atoms with van der Waals surface area (Å²) in [5.41, 5.74) is 0.455. The van der Waals surface area contributed by atoms with E-state index < -0.39 is 23.8 Å². The molecule has 150 valence electrons. The van der Waals surface area contributed by atoms with Crippen LogP contribution in [-0.4, -0.2) is 38.7 Å². The summed E-state index contributed by atoms with van der Waals surface area (Å²) in [4.78, 5) is 37.9. The van der Waals surface area contributed by atoms with Gasteiger partial charge in [0.1, 0.15) is 0 Å². The van der Waals surface area contributed by atoms with Crippen molar-refractivity contribution in [3.05, 3.63) is 59.2 Å². The zero-order chi connectivity index (χ0) is 21.1. The van der Waals surface area contributed by atoms with Crippen LogP contribution in [0.3, 0.4) is 0 Å². The van der Waals surface area contributed by atoms with E-state index in [1.54, 1.807) is 26.0 Å². The van der Waals surface area contributed by atoms with Gasteiger partial charge in [0.05, 0.1) is 37.9 Å². The lowest BCUT2D eigenvalue weighted by atomic mass is 9.86. The van der Waals surface area contributed by atoms with E-state index in [9.17, 15) is 14.4 Å². The number of hydrogen-bond acceptors (Lipinski definition) is 6. The first kappa shape index (κ1) is 20.3. The van der Waals surface area contributed by atoms with Gasteiger partial charge in [-0.15, -0.1) is 0 Å². The van der Waals surface area contributed by atoms with Crippen LogP contribution >= 0.6 is 0 Å². The summed E-state index contributed by atoms with van der Waals surface area (Å²) in [6, 6.07) is 13.1. The third-order valence-electron chi connectivity index (χ3n) is 4.96. The molecule has 0 aliphatic heterocycles. The van der Waals surface area contributed by atoms with Crippen molar-refractivity contribution >= 4 is 39.5 Å². The molecule has 3 aromatic carbocycles. The van der Waals surface area contributed by atoms with Crippen molar-refractivity contribution < 1.29 is 28.6 Å². The van der Waals surface area contributed by atoms with Gasteiger partial charge in [-0.25, -0.2) is 9.59 Å². The number of esters is 3. The van der Waals surface area contributed by atoms with E-state index in [1.165, 1.54) is 14.2 Å². The van der Waals surface area contributed by atoms with Crippen LogP contribution in [0.4, 0.5) is 0 Å². The normalized spacial score (nSPS) is 11.9. The Kier molecular flexibility index (Phi) is 5.82. The average molecular weight is 394 g/mol. The van der Waals surface area contributed by atoms with Crippen molar-refractivity contribution in [3.63, 3.8) is 0 Å². The minimum Gasteiger partial charge on any atom is -0.466 e. The van der Waals surface area contributed by atoms with Crippen molar-refractivity contribution in [1.82, 2.24) is 0 Å². The number of benzene rings is 3. The molecule has 3 rings (SSSR count). The van der Waals surface area contributed by atoms with Gasteiger partial charge in [0.2, 0.25) is 0 Å². The first-order valence-electron chi connectivity index (χ1n) is 9.26. The molecule has 1 atom stereocenters. The molecule has 6 heteroatoms. The number of hydrogen-bond donors (Lipinski definition) is 0. The zero-order valence-electron chi connectivity index (χ0n) is 16.8. The first-order chi connectivity index (χ1) is 13.9. The molecule has 0 heterocycles. The van der Waals surface area contributed by atoms with Gasteiger partial charge in [-0.2, -0.15) is 0 Å². The van der Waals surface area contributed by atoms with Gasteiger partial charge < -0.3 is 14.2 Å². The smallest absolute Gasteiger partial charge is 0.339 e. The van der Waals surface area contributed by atoms with Crippen LogP contribution in [0.25, 0.3) is 21.5 Å². The molecule has 0 saturated heterocycles. The Labute approximate surface area is 168 Å². The molecule has 0 N–H and O–H groups in total. The maximum Gasteiger partial charge on any atom is 0.339 e. The fourth-order valence-electron chi connectivity index (χ4n) is 3.55. The van der Waals surface area contributed by atoms with E-state index >= 15 is 0 Å². The van der Waals surface area contributed by atoms with E-state index in [2.05, 4.69) is 0 Å². The SMILES string of the molecule is CCOC(=O)C(C)c1cc2c(ccc3ccccc32)c(C(=O)OC)c1C(=O)OC. The Morgan fingerprint density at radius 1 is 0.862 bits per heavy atom. The maximum absolute atomic E-state index is 12.7. The molecule has 0 spiro atoms. The minimum absolute atomic E-state index is 0.0164. The van der Waals surface area contributed by atoms with Crippen LogP contribution in [0.5, 0.6) is 0 Å². The largest absolute Gasteiger partial charge is 0.466 e. The Hall–Kier alpha value is -3.41. The highest BCUT2D eigenvalue weighted by Crippen LogP contribution is 2.36. The Morgan fingerprint density at radius 2 is 1.52 bits per heavy atom. The highest BCUT2D eigenvalue weighted by atomic mass is 16.5. The molecular formula is C23H22O6. The molecule has 1 unspecified atom stereocenters. The molecule has 3 aromatic rings. The number of carbonyl (C=O) groups excluding carboxylic acids is 3. The average Bonchev–Trinajstić information content (AvgIpc) is 2.76. The van der Waals surface area contributed by atoms with Crippen molar-refractivity contribution in [1.29, 1.82) is 0 Å². The van der Waals surface area contributed by atoms with Gasteiger partial charge in [0.15, 0.2) is 0 Å². The van der Waals surface area contributed by atoms with Crippen molar-refractivity contribution in [2.24, 2.45) is 0 Å². The fourth-order valence-corrected chi connectivity index (χ4v) is 3.55. The van der Waals surface area contributed by atoms with Crippen LogP contribution in [0.1, 0.15) is 46.0 Å². The second kappa shape index (κ2) is 8.31. The van der Waals surface area contributed by atoms with E-state index in [0.29, 0.717) is 10.9 Å². The number of methoxy groups -OCH3 is 2. The van der Waals surface area contributed by atoms with Crippen LogP contribution in [0.2, 0.25) is 0 Å². The molecule has 0 amide bonds. The molecule has 0 saturated carbocycles. The molecule has 0 bridgehead atoms. The Balaban J connectivity index is 2.49. The van der Waals surface area contributed by atoms with Crippen LogP contribution < -0.4 is 0 Å². The summed E-state index contributed by atoms with van der Waals surface area (Å²) >= 11 is 0. The van der Waals surface area contributed by atoms with E-state index in [1.807, 2.05) is 30.3 Å². The standard InChI is InChI=1S/C23H22O6/c1-5-29-21(24)13(2)17-12-18-15-9-7-6-8-14(15)10-11-16(18)19(22(25)27-3)20(17)23(26)28-4/h6-13H,5H2,1-4H3. The van der Waals surface area contributed by atoms with E-state index in [-0.39, 0.29) is 17.7 Å². The summed E-state index contributed by atoms with van der Waals surface area (Å²) < 4.78 is 15.1. The van der Waals surface area contributed by atoms with Gasteiger partial charge in [-0.05, 0) is 47.0 Å². The molecule has 0 aromatic heterocycles. The monoisotopic (exact) mass is 394 g/mol. The first-order valence-corrected chi connectivity index (χ1v) is 9.26. The lowest BCUT2D eigenvalue weighted by molar-refractivity contribution is -0.144. The summed E-state index contributed by atoms with van der Waals surface area (Å²) in [5, 5.41) is 3.15. The quantitative estimate of drug-likeness (QED) is 0.366. The number of rotatable bonds is 5. The van der Waals surface area contributed by atoms with Crippen molar-refractivity contribution in [3.8, 4) is 0 Å². The molecule has 0 fully saturated rings. The highest BCUT2D eigenvalue weighted by molar-refractivity contribution is 6.19. The van der Waals surface area contributed by atoms with Gasteiger partial charge in [-0.3, -0.25) is 4.79 Å². The third kappa shape index (κ3) is 3.53. The fraction of sp³-hybridized carbons (Fsp3) is 0.261. The number of fused-ring (bicyclic) bond motifs is 3. The predicted molar refractivity (Wildman–Crippen MR) is 109 cm³/mol. The van der Waals surface area contributed by atoms with E-state index in [4.69, 9.17) is 14.2 Å². The second-order valence-electron chi connectivity index (χ2n) is 6.55. The maximum atomic E-state index is 12.7. The molecule has 6 nitrogen and oxygen atoms in total. The van der Waals surface area contributed by atoms with Gasteiger partial charge in [-0.1, -0.05) is 36.4 Å². The summed E-state index contributed by atoms with van der Waals surface area (Å²) in [5.74, 6) is -2.67. The summed E-state index contributed by atoms with van der Waals surface area (Å²) in [7, 11) is 2.48. The molecule has 0 radical (unpaired) electrons. The van der Waals surface area contributed by atoms with Crippen LogP contribution in [-0.2, 0) is 19.0 Å². The molecule has 29 heavy (non-hydrogen) atoms. The van der Waals surface area contributed by atoms with Gasteiger partial charge in [0.25, 0.3) is 0 Å². The van der Waals surface area contributed by atoms with Gasteiger partial charge >= 0.3 is 17.9 Å². The third-order valence-corrected chi connectivity index (χ3v) is 4.96. The zero-order valence-corrected chi connectivity index (χ0v) is 16.8. The number of ether oxygens (including phenoxy) is 3. The second-order valence-corrected chi connectivity index (χ2v) is 6.55.